The zero-order valence-electron chi connectivity index (χ0n) is 17.8. The van der Waals surface area contributed by atoms with Crippen molar-refractivity contribution >= 4 is 34.8 Å². The van der Waals surface area contributed by atoms with Gasteiger partial charge in [-0.2, -0.15) is 13.2 Å². The van der Waals surface area contributed by atoms with E-state index >= 15 is 0 Å². The Morgan fingerprint density at radius 2 is 1.85 bits per heavy atom. The first kappa shape index (κ1) is 26.0. The Labute approximate surface area is 201 Å². The van der Waals surface area contributed by atoms with Crippen LogP contribution in [-0.2, 0) is 15.8 Å². The van der Waals surface area contributed by atoms with Gasteiger partial charge >= 0.3 is 6.18 Å². The smallest absolute Gasteiger partial charge is 0.443 e. The van der Waals surface area contributed by atoms with Crippen molar-refractivity contribution in [2.75, 3.05) is 19.8 Å². The molecule has 0 radical (unpaired) electrons. The van der Waals surface area contributed by atoms with Gasteiger partial charge in [0.1, 0.15) is 11.6 Å². The molecule has 1 aromatic carbocycles. The van der Waals surface area contributed by atoms with Gasteiger partial charge in [-0.3, -0.25) is 9.59 Å². The van der Waals surface area contributed by atoms with E-state index in [0.717, 1.165) is 25.1 Å². The Kier molecular flexibility index (Phi) is 8.58. The zero-order valence-corrected chi connectivity index (χ0v) is 19.4. The number of aromatic nitrogens is 1. The summed E-state index contributed by atoms with van der Waals surface area (Å²) < 4.78 is 61.7. The van der Waals surface area contributed by atoms with Crippen molar-refractivity contribution in [2.45, 2.75) is 43.8 Å². The van der Waals surface area contributed by atoms with Gasteiger partial charge in [0.05, 0.1) is 11.2 Å². The quantitative estimate of drug-likeness (QED) is 0.452. The summed E-state index contributed by atoms with van der Waals surface area (Å²) in [7, 11) is 0. The number of nitrogens with one attached hydrogen (secondary N) is 2. The molecule has 0 saturated heterocycles. The Morgan fingerprint density at radius 3 is 2.50 bits per heavy atom. The summed E-state index contributed by atoms with van der Waals surface area (Å²) in [4.78, 5) is 27.7. The number of carbonyl (C=O) groups excluding carboxylic acids is 2. The van der Waals surface area contributed by atoms with Crippen LogP contribution in [0.2, 0.25) is 5.02 Å². The van der Waals surface area contributed by atoms with E-state index in [9.17, 15) is 27.2 Å². The number of amides is 2. The van der Waals surface area contributed by atoms with Crippen LogP contribution < -0.4 is 20.1 Å². The molecule has 1 heterocycles. The van der Waals surface area contributed by atoms with Gasteiger partial charge in [0, 0.05) is 18.2 Å². The number of ether oxygens (including phenoxy) is 2. The van der Waals surface area contributed by atoms with Gasteiger partial charge in [-0.25, -0.2) is 9.37 Å². The van der Waals surface area contributed by atoms with Crippen LogP contribution in [0, 0.1) is 5.82 Å². The predicted molar refractivity (Wildman–Crippen MR) is 116 cm³/mol. The molecule has 0 aliphatic heterocycles. The fourth-order valence-electron chi connectivity index (χ4n) is 3.62. The third kappa shape index (κ3) is 7.45. The summed E-state index contributed by atoms with van der Waals surface area (Å²) in [6, 6.07) is 3.85. The lowest BCUT2D eigenvalue weighted by molar-refractivity contribution is -0.137. The number of alkyl halides is 3. The molecule has 2 aromatic rings. The number of nitrogens with zero attached hydrogens (tertiary/aromatic N) is 1. The van der Waals surface area contributed by atoms with Gasteiger partial charge in [0.25, 0.3) is 11.8 Å². The predicted octanol–water partition coefficient (Wildman–Crippen LogP) is 4.35. The summed E-state index contributed by atoms with van der Waals surface area (Å²) >= 11 is 5.92. The topological polar surface area (TPSA) is 89.6 Å². The van der Waals surface area contributed by atoms with Crippen molar-refractivity contribution in [3.8, 4) is 10.8 Å². The van der Waals surface area contributed by atoms with Crippen LogP contribution in [0.15, 0.2) is 24.4 Å². The second-order valence-electron chi connectivity index (χ2n) is 7.77. The lowest BCUT2D eigenvalue weighted by Gasteiger charge is -2.30. The average Bonchev–Trinajstić information content (AvgIpc) is 3.43. The maximum absolute atomic E-state index is 13.4. The van der Waals surface area contributed by atoms with E-state index in [4.69, 9.17) is 21.1 Å². The molecule has 1 aromatic heterocycles. The second-order valence-corrected chi connectivity index (χ2v) is 9.17. The molecule has 0 spiro atoms. The van der Waals surface area contributed by atoms with E-state index in [0.29, 0.717) is 30.6 Å². The highest BCUT2D eigenvalue weighted by Crippen LogP contribution is 2.35. The molecule has 1 saturated carbocycles. The van der Waals surface area contributed by atoms with Crippen LogP contribution in [0.1, 0.15) is 37.1 Å². The molecule has 0 bridgehead atoms. The maximum Gasteiger partial charge on any atom is 0.443 e. The molecule has 1 aliphatic rings. The number of hydrogen-bond donors (Lipinski definition) is 2. The average molecular weight is 524 g/mol. The van der Waals surface area contributed by atoms with Crippen LogP contribution in [0.5, 0.6) is 10.8 Å². The van der Waals surface area contributed by atoms with Crippen molar-refractivity contribution in [3.05, 3.63) is 40.2 Å². The third-order valence-electron chi connectivity index (χ3n) is 5.22. The Hall–Kier alpha value is -2.60. The molecule has 3 rings (SSSR count). The van der Waals surface area contributed by atoms with Crippen LogP contribution >= 0.6 is 22.9 Å². The number of thiazole rings is 1. The molecular weight excluding hydrogens is 502 g/mol. The zero-order chi connectivity index (χ0) is 24.8. The van der Waals surface area contributed by atoms with E-state index in [1.165, 1.54) is 12.1 Å². The standard InChI is InChI=1S/C21H22ClF4N3O4S/c22-14-4-3-13(9-15(14)23)32-11-16(30)27-8-7-20(5-1-2-6-20)29-17(31)12-33-18-10-28-19(34-18)21(24,25)26/h3-4,9-10H,1-2,5-8,11-12H2,(H,27,30)(H,29,31). The minimum atomic E-state index is -4.57. The van der Waals surface area contributed by atoms with Crippen molar-refractivity contribution in [2.24, 2.45) is 0 Å². The first-order valence-electron chi connectivity index (χ1n) is 10.4. The highest BCUT2D eigenvalue weighted by Gasteiger charge is 2.36. The SMILES string of the molecule is O=C(COc1ccc(Cl)c(F)c1)NCCC1(NC(=O)COc2cnc(C(F)(F)F)s2)CCCC1. The number of halogens is 5. The van der Waals surface area contributed by atoms with Crippen LogP contribution in [0.25, 0.3) is 0 Å². The normalized spacial score (nSPS) is 15.1. The maximum atomic E-state index is 13.4. The van der Waals surface area contributed by atoms with Gasteiger partial charge in [-0.05, 0) is 31.4 Å². The van der Waals surface area contributed by atoms with Gasteiger partial charge in [-0.1, -0.05) is 35.8 Å². The highest BCUT2D eigenvalue weighted by atomic mass is 35.5. The molecule has 2 amide bonds. The molecule has 2 N–H and O–H groups in total. The summed E-state index contributed by atoms with van der Waals surface area (Å²) in [6.07, 6.45) is 0.0139. The second kappa shape index (κ2) is 11.2. The first-order valence-corrected chi connectivity index (χ1v) is 11.6. The minimum absolute atomic E-state index is 0.0516. The van der Waals surface area contributed by atoms with Crippen LogP contribution in [-0.4, -0.2) is 42.1 Å². The first-order chi connectivity index (χ1) is 16.1. The third-order valence-corrected chi connectivity index (χ3v) is 6.49. The minimum Gasteiger partial charge on any atom is -0.484 e. The fraction of sp³-hybridized carbons (Fsp3) is 0.476. The van der Waals surface area contributed by atoms with Gasteiger partial charge in [-0.15, -0.1) is 0 Å². The van der Waals surface area contributed by atoms with Crippen LogP contribution in [0.4, 0.5) is 17.6 Å². The Balaban J connectivity index is 1.42. The fourth-order valence-corrected chi connectivity index (χ4v) is 4.38. The molecule has 186 valence electrons. The number of carbonyl (C=O) groups is 2. The summed E-state index contributed by atoms with van der Waals surface area (Å²) in [5.41, 5.74) is -0.543. The molecular formula is C21H22ClF4N3O4S. The van der Waals surface area contributed by atoms with Crippen molar-refractivity contribution in [3.63, 3.8) is 0 Å². The molecule has 0 atom stereocenters. The van der Waals surface area contributed by atoms with Crippen molar-refractivity contribution in [1.29, 1.82) is 0 Å². The van der Waals surface area contributed by atoms with Crippen molar-refractivity contribution < 1.29 is 36.6 Å². The number of benzene rings is 1. The molecule has 1 aliphatic carbocycles. The summed E-state index contributed by atoms with van der Waals surface area (Å²) in [5, 5.41) is 4.41. The Bertz CT molecular complexity index is 1010. The monoisotopic (exact) mass is 523 g/mol. The van der Waals surface area contributed by atoms with Crippen LogP contribution in [0.3, 0.4) is 0 Å². The van der Waals surface area contributed by atoms with Crippen molar-refractivity contribution in [1.82, 2.24) is 15.6 Å². The lowest BCUT2D eigenvalue weighted by Crippen LogP contribution is -2.50. The number of rotatable bonds is 10. The van der Waals surface area contributed by atoms with E-state index in [-0.39, 0.29) is 29.0 Å². The molecule has 34 heavy (non-hydrogen) atoms. The molecule has 1 fully saturated rings. The van der Waals surface area contributed by atoms with Gasteiger partial charge in [0.2, 0.25) is 5.01 Å². The number of hydrogen-bond acceptors (Lipinski definition) is 6. The summed E-state index contributed by atoms with van der Waals surface area (Å²) in [5.74, 6) is -1.37. The van der Waals surface area contributed by atoms with E-state index < -0.39 is 41.0 Å². The van der Waals surface area contributed by atoms with E-state index in [1.807, 2.05) is 0 Å². The van der Waals surface area contributed by atoms with Gasteiger partial charge < -0.3 is 20.1 Å². The lowest BCUT2D eigenvalue weighted by atomic mass is 9.93. The molecule has 0 unspecified atom stereocenters. The molecule has 7 nitrogen and oxygen atoms in total. The highest BCUT2D eigenvalue weighted by molar-refractivity contribution is 7.13. The summed E-state index contributed by atoms with van der Waals surface area (Å²) in [6.45, 7) is -0.496. The Morgan fingerprint density at radius 1 is 1.15 bits per heavy atom. The molecule has 13 heteroatoms. The van der Waals surface area contributed by atoms with E-state index in [2.05, 4.69) is 15.6 Å². The van der Waals surface area contributed by atoms with E-state index in [1.54, 1.807) is 0 Å². The van der Waals surface area contributed by atoms with Gasteiger partial charge in [0.15, 0.2) is 18.3 Å². The largest absolute Gasteiger partial charge is 0.484 e.